The van der Waals surface area contributed by atoms with E-state index >= 15 is 0 Å². The molecule has 0 unspecified atom stereocenters. The molecule has 11 heteroatoms. The van der Waals surface area contributed by atoms with Crippen LogP contribution in [0.3, 0.4) is 0 Å². The van der Waals surface area contributed by atoms with E-state index in [0.717, 1.165) is 12.1 Å². The molecular weight excluding hydrogens is 460 g/mol. The van der Waals surface area contributed by atoms with E-state index in [0.29, 0.717) is 5.69 Å². The molecule has 0 radical (unpaired) electrons. The van der Waals surface area contributed by atoms with Crippen LogP contribution in [0, 0.1) is 18.6 Å². The first kappa shape index (κ1) is 25.8. The van der Waals surface area contributed by atoms with Gasteiger partial charge in [0.05, 0.1) is 24.5 Å². The molecule has 186 valence electrons. The number of ether oxygens (including phenoxy) is 1. The number of aliphatic imine (C=N–C) groups is 1. The Labute approximate surface area is 200 Å². The van der Waals surface area contributed by atoms with Gasteiger partial charge in [-0.25, -0.2) is 13.8 Å². The maximum absolute atomic E-state index is 14.0. The van der Waals surface area contributed by atoms with Crippen molar-refractivity contribution in [1.82, 2.24) is 14.7 Å². The molecule has 2 heterocycles. The average molecular weight is 488 g/mol. The molecule has 0 spiro atoms. The van der Waals surface area contributed by atoms with Gasteiger partial charge in [0, 0.05) is 30.7 Å². The predicted molar refractivity (Wildman–Crippen MR) is 126 cm³/mol. The van der Waals surface area contributed by atoms with Crippen molar-refractivity contribution < 1.29 is 28.5 Å². The van der Waals surface area contributed by atoms with Crippen molar-refractivity contribution in [2.75, 3.05) is 20.3 Å². The number of benzene rings is 1. The SMILES string of the molecule is CN=CC(=C(C)N)C(CO)(CO)NC(=O)c1c(C)nc2c(OCc3c(F)cccc3F)cccn12. The Bertz CT molecular complexity index is 1270. The Morgan fingerprint density at radius 3 is 2.49 bits per heavy atom. The normalized spacial score (nSPS) is 12.8. The summed E-state index contributed by atoms with van der Waals surface area (Å²) in [6, 6.07) is 6.67. The highest BCUT2D eigenvalue weighted by molar-refractivity contribution is 5.97. The zero-order chi connectivity index (χ0) is 25.8. The summed E-state index contributed by atoms with van der Waals surface area (Å²) in [6.07, 6.45) is 2.93. The molecule has 3 rings (SSSR count). The number of rotatable bonds is 9. The van der Waals surface area contributed by atoms with E-state index in [4.69, 9.17) is 10.5 Å². The second-order valence-corrected chi connectivity index (χ2v) is 7.94. The van der Waals surface area contributed by atoms with Gasteiger partial charge in [-0.1, -0.05) is 6.07 Å². The summed E-state index contributed by atoms with van der Waals surface area (Å²) < 4.78 is 35.1. The van der Waals surface area contributed by atoms with E-state index in [-0.39, 0.29) is 40.5 Å². The minimum atomic E-state index is -1.61. The van der Waals surface area contributed by atoms with Gasteiger partial charge in [0.1, 0.15) is 29.5 Å². The van der Waals surface area contributed by atoms with Gasteiger partial charge in [0.15, 0.2) is 11.4 Å². The predicted octanol–water partition coefficient (Wildman–Crippen LogP) is 1.89. The fraction of sp³-hybridized carbons (Fsp3) is 0.292. The molecule has 5 N–H and O–H groups in total. The van der Waals surface area contributed by atoms with Crippen LogP contribution in [0.5, 0.6) is 5.75 Å². The number of nitrogens with zero attached hydrogens (tertiary/aromatic N) is 3. The largest absolute Gasteiger partial charge is 0.485 e. The van der Waals surface area contributed by atoms with E-state index in [1.165, 1.54) is 23.7 Å². The molecule has 0 aliphatic heterocycles. The van der Waals surface area contributed by atoms with Crippen LogP contribution in [0.4, 0.5) is 8.78 Å². The van der Waals surface area contributed by atoms with Crippen LogP contribution in [0.15, 0.2) is 52.8 Å². The number of halogens is 2. The van der Waals surface area contributed by atoms with Crippen LogP contribution in [0.1, 0.15) is 28.7 Å². The number of aromatic nitrogens is 2. The van der Waals surface area contributed by atoms with Crippen molar-refractivity contribution in [3.05, 3.63) is 76.4 Å². The second-order valence-electron chi connectivity index (χ2n) is 7.94. The lowest BCUT2D eigenvalue weighted by Gasteiger charge is -2.32. The van der Waals surface area contributed by atoms with E-state index in [9.17, 15) is 23.8 Å². The molecule has 1 aromatic carbocycles. The summed E-state index contributed by atoms with van der Waals surface area (Å²) in [4.78, 5) is 21.6. The Hall–Kier alpha value is -3.83. The Morgan fingerprint density at radius 1 is 1.26 bits per heavy atom. The number of carbonyl (C=O) groups excluding carboxylic acids is 1. The summed E-state index contributed by atoms with van der Waals surface area (Å²) in [5.74, 6) is -1.94. The van der Waals surface area contributed by atoms with Crippen LogP contribution in [0.25, 0.3) is 5.65 Å². The first-order chi connectivity index (χ1) is 16.7. The quantitative estimate of drug-likeness (QED) is 0.341. The zero-order valence-corrected chi connectivity index (χ0v) is 19.5. The minimum absolute atomic E-state index is 0.108. The number of amides is 1. The number of hydrogen-bond donors (Lipinski definition) is 4. The van der Waals surface area contributed by atoms with Crippen LogP contribution in [-0.2, 0) is 6.61 Å². The van der Waals surface area contributed by atoms with Gasteiger partial charge < -0.3 is 26.0 Å². The summed E-state index contributed by atoms with van der Waals surface area (Å²) in [5.41, 5.74) is 5.25. The monoisotopic (exact) mass is 487 g/mol. The van der Waals surface area contributed by atoms with E-state index in [1.54, 1.807) is 32.2 Å². The van der Waals surface area contributed by atoms with Crippen molar-refractivity contribution in [2.24, 2.45) is 10.7 Å². The zero-order valence-electron chi connectivity index (χ0n) is 19.5. The molecule has 0 atom stereocenters. The van der Waals surface area contributed by atoms with E-state index < -0.39 is 36.3 Å². The van der Waals surface area contributed by atoms with Crippen LogP contribution < -0.4 is 15.8 Å². The number of aliphatic hydroxyl groups is 2. The molecule has 0 bridgehead atoms. The number of pyridine rings is 1. The molecule has 0 saturated carbocycles. The minimum Gasteiger partial charge on any atom is -0.485 e. The third-order valence-corrected chi connectivity index (χ3v) is 5.53. The molecule has 0 fully saturated rings. The van der Waals surface area contributed by atoms with Gasteiger partial charge in [-0.2, -0.15) is 0 Å². The van der Waals surface area contributed by atoms with E-state index in [1.807, 2.05) is 0 Å². The molecule has 0 aliphatic carbocycles. The molecule has 0 saturated heterocycles. The number of aliphatic hydroxyl groups excluding tert-OH is 2. The van der Waals surface area contributed by atoms with Gasteiger partial charge in [-0.05, 0) is 38.1 Å². The van der Waals surface area contributed by atoms with Crippen molar-refractivity contribution in [1.29, 1.82) is 0 Å². The Kier molecular flexibility index (Phi) is 7.82. The number of carbonyl (C=O) groups is 1. The van der Waals surface area contributed by atoms with Crippen molar-refractivity contribution >= 4 is 17.8 Å². The van der Waals surface area contributed by atoms with Gasteiger partial charge in [0.2, 0.25) is 0 Å². The summed E-state index contributed by atoms with van der Waals surface area (Å²) in [6.45, 7) is 1.47. The van der Waals surface area contributed by atoms with E-state index in [2.05, 4.69) is 15.3 Å². The fourth-order valence-corrected chi connectivity index (χ4v) is 3.74. The summed E-state index contributed by atoms with van der Waals surface area (Å²) in [7, 11) is 1.49. The molecule has 3 aromatic rings. The Morgan fingerprint density at radius 2 is 1.91 bits per heavy atom. The average Bonchev–Trinajstić information content (AvgIpc) is 3.17. The molecule has 1 amide bonds. The topological polar surface area (TPSA) is 134 Å². The van der Waals surface area contributed by atoms with Crippen LogP contribution in [-0.4, -0.2) is 57.5 Å². The maximum atomic E-state index is 14.0. The van der Waals surface area contributed by atoms with Gasteiger partial charge in [-0.3, -0.25) is 14.2 Å². The van der Waals surface area contributed by atoms with Gasteiger partial charge in [-0.15, -0.1) is 0 Å². The number of aryl methyl sites for hydroxylation is 1. The van der Waals surface area contributed by atoms with Crippen molar-refractivity contribution in [3.8, 4) is 5.75 Å². The van der Waals surface area contributed by atoms with Gasteiger partial charge >= 0.3 is 0 Å². The first-order valence-corrected chi connectivity index (χ1v) is 10.7. The molecule has 2 aromatic heterocycles. The van der Waals surface area contributed by atoms with Crippen LogP contribution in [0.2, 0.25) is 0 Å². The summed E-state index contributed by atoms with van der Waals surface area (Å²) >= 11 is 0. The third kappa shape index (κ3) is 5.00. The number of fused-ring (bicyclic) bond motifs is 1. The maximum Gasteiger partial charge on any atom is 0.271 e. The second kappa shape index (κ2) is 10.6. The number of imidazole rings is 1. The molecular formula is C24H27F2N5O4. The lowest BCUT2D eigenvalue weighted by molar-refractivity contribution is 0.0769. The molecule has 35 heavy (non-hydrogen) atoms. The fourth-order valence-electron chi connectivity index (χ4n) is 3.74. The molecule has 9 nitrogen and oxygen atoms in total. The van der Waals surface area contributed by atoms with Gasteiger partial charge in [0.25, 0.3) is 5.91 Å². The number of nitrogens with one attached hydrogen (secondary N) is 1. The Balaban J connectivity index is 1.99. The summed E-state index contributed by atoms with van der Waals surface area (Å²) in [5, 5.41) is 22.8. The first-order valence-electron chi connectivity index (χ1n) is 10.7. The number of allylic oxidation sites excluding steroid dienone is 1. The van der Waals surface area contributed by atoms with Crippen molar-refractivity contribution in [3.63, 3.8) is 0 Å². The highest BCUT2D eigenvalue weighted by Crippen LogP contribution is 2.25. The standard InChI is InChI=1S/C24H27F2N5O4/c1-14(27)17(10-28-3)24(12-32,13-33)30-23(34)21-15(2)29-22-20(8-5-9-31(21)22)35-11-16-18(25)6-4-7-19(16)26/h4-10,32-33H,11-13,27H2,1-3H3,(H,30,34). The number of nitrogens with two attached hydrogens (primary N) is 1. The van der Waals surface area contributed by atoms with Crippen LogP contribution >= 0.6 is 0 Å². The molecule has 0 aliphatic rings. The highest BCUT2D eigenvalue weighted by Gasteiger charge is 2.37. The smallest absolute Gasteiger partial charge is 0.271 e. The highest BCUT2D eigenvalue weighted by atomic mass is 19.1. The third-order valence-electron chi connectivity index (χ3n) is 5.53. The van der Waals surface area contributed by atoms with Crippen molar-refractivity contribution in [2.45, 2.75) is 26.0 Å². The lowest BCUT2D eigenvalue weighted by atomic mass is 9.90. The lowest BCUT2D eigenvalue weighted by Crippen LogP contribution is -2.57. The number of hydrogen-bond acceptors (Lipinski definition) is 7.